The third kappa shape index (κ3) is 3.28. The zero-order valence-corrected chi connectivity index (χ0v) is 10.0. The SMILES string of the molecule is Cc1ncsc1CCN(C)C(C)C(=O)O. The van der Waals surface area contributed by atoms with E-state index in [1.54, 1.807) is 18.3 Å². The summed E-state index contributed by atoms with van der Waals surface area (Å²) in [5, 5.41) is 8.81. The van der Waals surface area contributed by atoms with E-state index in [1.165, 1.54) is 4.88 Å². The Morgan fingerprint density at radius 1 is 1.73 bits per heavy atom. The number of carbonyl (C=O) groups is 1. The summed E-state index contributed by atoms with van der Waals surface area (Å²) >= 11 is 1.63. The van der Waals surface area contributed by atoms with Crippen LogP contribution in [0.1, 0.15) is 17.5 Å². The van der Waals surface area contributed by atoms with Gasteiger partial charge in [-0.15, -0.1) is 11.3 Å². The Morgan fingerprint density at radius 2 is 2.40 bits per heavy atom. The average Bonchev–Trinajstić information content (AvgIpc) is 2.59. The molecule has 0 amide bonds. The molecule has 0 saturated carbocycles. The predicted octanol–water partition coefficient (Wildman–Crippen LogP) is 1.40. The molecule has 1 N–H and O–H groups in total. The molecule has 0 aromatic carbocycles. The number of rotatable bonds is 5. The number of aromatic nitrogens is 1. The zero-order chi connectivity index (χ0) is 11.4. The number of carboxylic acid groups (broad SMARTS) is 1. The van der Waals surface area contributed by atoms with Crippen molar-refractivity contribution >= 4 is 17.3 Å². The first kappa shape index (κ1) is 12.1. The molecule has 84 valence electrons. The van der Waals surface area contributed by atoms with Crippen molar-refractivity contribution in [3.8, 4) is 0 Å². The van der Waals surface area contributed by atoms with Crippen LogP contribution in [0.4, 0.5) is 0 Å². The molecule has 0 aliphatic rings. The van der Waals surface area contributed by atoms with Crippen LogP contribution in [-0.2, 0) is 11.2 Å². The fourth-order valence-electron chi connectivity index (χ4n) is 1.23. The van der Waals surface area contributed by atoms with Gasteiger partial charge < -0.3 is 5.11 Å². The van der Waals surface area contributed by atoms with Crippen LogP contribution in [0.3, 0.4) is 0 Å². The van der Waals surface area contributed by atoms with E-state index in [0.717, 1.165) is 18.7 Å². The molecule has 1 aromatic heterocycles. The minimum atomic E-state index is -0.779. The Balaban J connectivity index is 2.44. The summed E-state index contributed by atoms with van der Waals surface area (Å²) in [5.41, 5.74) is 2.88. The van der Waals surface area contributed by atoms with E-state index < -0.39 is 12.0 Å². The van der Waals surface area contributed by atoms with E-state index in [-0.39, 0.29) is 0 Å². The van der Waals surface area contributed by atoms with Gasteiger partial charge in [0.1, 0.15) is 6.04 Å². The van der Waals surface area contributed by atoms with Crippen LogP contribution in [0.2, 0.25) is 0 Å². The minimum Gasteiger partial charge on any atom is -0.480 e. The normalized spacial score (nSPS) is 13.1. The van der Waals surface area contributed by atoms with Gasteiger partial charge in [0, 0.05) is 11.4 Å². The standard InChI is InChI=1S/C10H16N2O2S/c1-7-9(15-6-11-7)4-5-12(3)8(2)10(13)14/h6,8H,4-5H2,1-3H3,(H,13,14). The lowest BCUT2D eigenvalue weighted by Gasteiger charge is -2.20. The second-order valence-corrected chi connectivity index (χ2v) is 4.55. The third-order valence-corrected chi connectivity index (χ3v) is 3.55. The van der Waals surface area contributed by atoms with Crippen molar-refractivity contribution in [1.29, 1.82) is 0 Å². The summed E-state index contributed by atoms with van der Waals surface area (Å²) < 4.78 is 0. The highest BCUT2D eigenvalue weighted by molar-refractivity contribution is 7.09. The van der Waals surface area contributed by atoms with Crippen LogP contribution in [-0.4, -0.2) is 40.6 Å². The van der Waals surface area contributed by atoms with E-state index in [1.807, 2.05) is 24.4 Å². The number of aryl methyl sites for hydroxylation is 1. The average molecular weight is 228 g/mol. The van der Waals surface area contributed by atoms with Crippen molar-refractivity contribution in [2.45, 2.75) is 26.3 Å². The van der Waals surface area contributed by atoms with Crippen molar-refractivity contribution in [2.24, 2.45) is 0 Å². The molecule has 0 spiro atoms. The van der Waals surface area contributed by atoms with Crippen molar-refractivity contribution in [3.63, 3.8) is 0 Å². The predicted molar refractivity (Wildman–Crippen MR) is 60.3 cm³/mol. The van der Waals surface area contributed by atoms with E-state index in [2.05, 4.69) is 4.98 Å². The molecule has 15 heavy (non-hydrogen) atoms. The van der Waals surface area contributed by atoms with Gasteiger partial charge in [0.15, 0.2) is 0 Å². The first-order valence-corrected chi connectivity index (χ1v) is 5.72. The van der Waals surface area contributed by atoms with Gasteiger partial charge in [0.25, 0.3) is 0 Å². The Morgan fingerprint density at radius 3 is 2.87 bits per heavy atom. The number of hydrogen-bond acceptors (Lipinski definition) is 4. The summed E-state index contributed by atoms with van der Waals surface area (Å²) in [5.74, 6) is -0.779. The Labute approximate surface area is 93.6 Å². The lowest BCUT2D eigenvalue weighted by molar-refractivity contribution is -0.142. The van der Waals surface area contributed by atoms with Crippen molar-refractivity contribution in [1.82, 2.24) is 9.88 Å². The largest absolute Gasteiger partial charge is 0.480 e. The third-order valence-electron chi connectivity index (χ3n) is 2.55. The zero-order valence-electron chi connectivity index (χ0n) is 9.23. The summed E-state index contributed by atoms with van der Waals surface area (Å²) in [7, 11) is 1.83. The van der Waals surface area contributed by atoms with Crippen LogP contribution in [0.25, 0.3) is 0 Å². The van der Waals surface area contributed by atoms with E-state index >= 15 is 0 Å². The maximum atomic E-state index is 10.7. The molecule has 0 saturated heterocycles. The quantitative estimate of drug-likeness (QED) is 0.827. The van der Waals surface area contributed by atoms with Gasteiger partial charge in [0.2, 0.25) is 0 Å². The maximum Gasteiger partial charge on any atom is 0.320 e. The lowest BCUT2D eigenvalue weighted by atomic mass is 10.2. The number of hydrogen-bond donors (Lipinski definition) is 1. The highest BCUT2D eigenvalue weighted by Crippen LogP contribution is 2.13. The molecule has 5 heteroatoms. The number of nitrogens with zero attached hydrogens (tertiary/aromatic N) is 2. The Hall–Kier alpha value is -0.940. The van der Waals surface area contributed by atoms with Gasteiger partial charge in [-0.2, -0.15) is 0 Å². The fraction of sp³-hybridized carbons (Fsp3) is 0.600. The molecule has 1 rings (SSSR count). The molecule has 0 fully saturated rings. The van der Waals surface area contributed by atoms with Gasteiger partial charge in [-0.25, -0.2) is 4.98 Å². The molecule has 0 aliphatic heterocycles. The molecule has 0 aliphatic carbocycles. The van der Waals surface area contributed by atoms with Gasteiger partial charge in [-0.3, -0.25) is 9.69 Å². The molecule has 4 nitrogen and oxygen atoms in total. The Bertz CT molecular complexity index is 338. The summed E-state index contributed by atoms with van der Waals surface area (Å²) in [6, 6.07) is -0.432. The second kappa shape index (κ2) is 5.23. The molecule has 0 radical (unpaired) electrons. The van der Waals surface area contributed by atoms with Crippen molar-refractivity contribution in [2.75, 3.05) is 13.6 Å². The van der Waals surface area contributed by atoms with Crippen LogP contribution < -0.4 is 0 Å². The van der Waals surface area contributed by atoms with Gasteiger partial charge >= 0.3 is 5.97 Å². The Kier molecular flexibility index (Phi) is 4.23. The van der Waals surface area contributed by atoms with Crippen LogP contribution in [0, 0.1) is 6.92 Å². The maximum absolute atomic E-state index is 10.7. The summed E-state index contributed by atoms with van der Waals surface area (Å²) in [4.78, 5) is 17.9. The molecule has 1 atom stereocenters. The molecular formula is C10H16N2O2S. The van der Waals surface area contributed by atoms with Crippen molar-refractivity contribution < 1.29 is 9.90 Å². The van der Waals surface area contributed by atoms with E-state index in [0.29, 0.717) is 0 Å². The molecule has 1 aromatic rings. The number of carboxylic acids is 1. The number of thiazole rings is 1. The lowest BCUT2D eigenvalue weighted by Crippen LogP contribution is -2.37. The van der Waals surface area contributed by atoms with Gasteiger partial charge in [0.05, 0.1) is 11.2 Å². The van der Waals surface area contributed by atoms with Crippen LogP contribution in [0.15, 0.2) is 5.51 Å². The van der Waals surface area contributed by atoms with Gasteiger partial charge in [-0.05, 0) is 27.3 Å². The van der Waals surface area contributed by atoms with Gasteiger partial charge in [-0.1, -0.05) is 0 Å². The molecular weight excluding hydrogens is 212 g/mol. The summed E-state index contributed by atoms with van der Waals surface area (Å²) in [6.07, 6.45) is 0.866. The van der Waals surface area contributed by atoms with Crippen LogP contribution in [0.5, 0.6) is 0 Å². The number of likely N-dealkylation sites (N-methyl/N-ethyl adjacent to an activating group) is 1. The van der Waals surface area contributed by atoms with Crippen LogP contribution >= 0.6 is 11.3 Å². The fourth-order valence-corrected chi connectivity index (χ4v) is 2.00. The first-order valence-electron chi connectivity index (χ1n) is 4.84. The highest BCUT2D eigenvalue weighted by atomic mass is 32.1. The number of aliphatic carboxylic acids is 1. The molecule has 1 heterocycles. The molecule has 0 bridgehead atoms. The van der Waals surface area contributed by atoms with Crippen molar-refractivity contribution in [3.05, 3.63) is 16.1 Å². The highest BCUT2D eigenvalue weighted by Gasteiger charge is 2.16. The summed E-state index contributed by atoms with van der Waals surface area (Å²) in [6.45, 7) is 4.42. The monoisotopic (exact) mass is 228 g/mol. The van der Waals surface area contributed by atoms with E-state index in [9.17, 15) is 4.79 Å². The topological polar surface area (TPSA) is 53.4 Å². The smallest absolute Gasteiger partial charge is 0.320 e. The molecule has 1 unspecified atom stereocenters. The second-order valence-electron chi connectivity index (χ2n) is 3.61. The van der Waals surface area contributed by atoms with E-state index in [4.69, 9.17) is 5.11 Å². The minimum absolute atomic E-state index is 0.432. The first-order chi connectivity index (χ1) is 7.02.